The molecule has 1 aromatic carbocycles. The molecule has 0 spiro atoms. The van der Waals surface area contributed by atoms with Gasteiger partial charge in [0.1, 0.15) is 5.82 Å². The third kappa shape index (κ3) is 3.27. The number of sulfonamides is 1. The maximum Gasteiger partial charge on any atom is 0.338 e. The summed E-state index contributed by atoms with van der Waals surface area (Å²) >= 11 is 0. The van der Waals surface area contributed by atoms with Crippen LogP contribution in [0.4, 0.5) is 4.39 Å². The molecule has 1 fully saturated rings. The van der Waals surface area contributed by atoms with E-state index in [0.717, 1.165) is 31.0 Å². The summed E-state index contributed by atoms with van der Waals surface area (Å²) in [6.45, 7) is 0.278. The maximum absolute atomic E-state index is 13.2. The van der Waals surface area contributed by atoms with Gasteiger partial charge < -0.3 is 4.74 Å². The van der Waals surface area contributed by atoms with Crippen LogP contribution in [-0.4, -0.2) is 21.0 Å². The van der Waals surface area contributed by atoms with Crippen molar-refractivity contribution < 1.29 is 22.3 Å². The monoisotopic (exact) mass is 273 g/mol. The highest BCUT2D eigenvalue weighted by Gasteiger charge is 2.24. The van der Waals surface area contributed by atoms with Crippen molar-refractivity contribution >= 4 is 16.0 Å². The molecule has 0 saturated heterocycles. The Labute approximate surface area is 104 Å². The number of hydrogen-bond acceptors (Lipinski definition) is 4. The van der Waals surface area contributed by atoms with Crippen LogP contribution in [0.3, 0.4) is 0 Å². The lowest BCUT2D eigenvalue weighted by molar-refractivity contribution is 0.0485. The normalized spacial score (nSPS) is 15.4. The molecule has 0 aliphatic heterocycles. The number of benzene rings is 1. The van der Waals surface area contributed by atoms with Crippen molar-refractivity contribution in [2.75, 3.05) is 6.61 Å². The van der Waals surface area contributed by atoms with Crippen LogP contribution in [0, 0.1) is 11.7 Å². The Balaban J connectivity index is 2.21. The van der Waals surface area contributed by atoms with Crippen molar-refractivity contribution in [1.82, 2.24) is 0 Å². The van der Waals surface area contributed by atoms with Crippen LogP contribution in [0.2, 0.25) is 0 Å². The smallest absolute Gasteiger partial charge is 0.338 e. The molecule has 0 heterocycles. The second kappa shape index (κ2) is 4.66. The zero-order chi connectivity index (χ0) is 13.3. The quantitative estimate of drug-likeness (QED) is 0.830. The largest absolute Gasteiger partial charge is 0.462 e. The molecule has 0 aromatic heterocycles. The highest BCUT2D eigenvalue weighted by molar-refractivity contribution is 7.89. The van der Waals surface area contributed by atoms with Gasteiger partial charge in [0, 0.05) is 0 Å². The average molecular weight is 273 g/mol. The van der Waals surface area contributed by atoms with Gasteiger partial charge in [-0.15, -0.1) is 0 Å². The van der Waals surface area contributed by atoms with Crippen LogP contribution in [0.15, 0.2) is 23.1 Å². The summed E-state index contributed by atoms with van der Waals surface area (Å²) in [4.78, 5) is 11.1. The van der Waals surface area contributed by atoms with Gasteiger partial charge in [0.25, 0.3) is 0 Å². The average Bonchev–Trinajstić information content (AvgIpc) is 3.07. The van der Waals surface area contributed by atoms with Gasteiger partial charge >= 0.3 is 5.97 Å². The number of ether oxygens (including phenoxy) is 1. The van der Waals surface area contributed by atoms with Crippen molar-refractivity contribution in [3.8, 4) is 0 Å². The molecule has 0 atom stereocenters. The molecule has 2 rings (SSSR count). The molecule has 98 valence electrons. The summed E-state index contributed by atoms with van der Waals surface area (Å²) in [5, 5.41) is 4.88. The van der Waals surface area contributed by atoms with Crippen LogP contribution < -0.4 is 5.14 Å². The summed E-state index contributed by atoms with van der Waals surface area (Å²) < 4.78 is 40.3. The molecule has 0 bridgehead atoms. The molecule has 2 N–H and O–H groups in total. The molecule has 5 nitrogen and oxygen atoms in total. The standard InChI is InChI=1S/C11H12FNO4S/c12-9-3-8(4-10(5-9)18(13,15)16)11(14)17-6-7-1-2-7/h3-5,7H,1-2,6H2,(H2,13,15,16). The first-order chi connectivity index (χ1) is 8.36. The van der Waals surface area contributed by atoms with E-state index in [1.807, 2.05) is 0 Å². The van der Waals surface area contributed by atoms with E-state index in [2.05, 4.69) is 0 Å². The van der Waals surface area contributed by atoms with Gasteiger partial charge in [0.15, 0.2) is 0 Å². The Bertz CT molecular complexity index is 581. The number of nitrogens with two attached hydrogens (primary N) is 1. The highest BCUT2D eigenvalue weighted by Crippen LogP contribution is 2.29. The van der Waals surface area contributed by atoms with E-state index >= 15 is 0 Å². The van der Waals surface area contributed by atoms with Crippen LogP contribution in [0.25, 0.3) is 0 Å². The highest BCUT2D eigenvalue weighted by atomic mass is 32.2. The Morgan fingerprint density at radius 3 is 2.61 bits per heavy atom. The fourth-order valence-electron chi connectivity index (χ4n) is 1.41. The van der Waals surface area contributed by atoms with Gasteiger partial charge in [-0.2, -0.15) is 0 Å². The molecule has 1 aliphatic rings. The molecule has 1 saturated carbocycles. The second-order valence-corrected chi connectivity index (χ2v) is 5.82. The minimum Gasteiger partial charge on any atom is -0.462 e. The Kier molecular flexibility index (Phi) is 3.36. The Hall–Kier alpha value is -1.47. The van der Waals surface area contributed by atoms with Crippen molar-refractivity contribution in [3.63, 3.8) is 0 Å². The Morgan fingerprint density at radius 2 is 2.06 bits per heavy atom. The molecule has 0 unspecified atom stereocenters. The first kappa shape index (κ1) is 13.0. The van der Waals surface area contributed by atoms with Gasteiger partial charge in [0.05, 0.1) is 17.1 Å². The van der Waals surface area contributed by atoms with E-state index in [1.54, 1.807) is 0 Å². The van der Waals surface area contributed by atoms with Gasteiger partial charge in [-0.3, -0.25) is 0 Å². The summed E-state index contributed by atoms with van der Waals surface area (Å²) in [6.07, 6.45) is 2.03. The van der Waals surface area contributed by atoms with Crippen molar-refractivity contribution in [1.29, 1.82) is 0 Å². The third-order valence-electron chi connectivity index (χ3n) is 2.58. The molecule has 7 heteroatoms. The molecule has 1 aromatic rings. The lowest BCUT2D eigenvalue weighted by atomic mass is 10.2. The number of hydrogen-bond donors (Lipinski definition) is 1. The summed E-state index contributed by atoms with van der Waals surface area (Å²) in [5.74, 6) is -1.22. The fourth-order valence-corrected chi connectivity index (χ4v) is 1.97. The number of carbonyl (C=O) groups is 1. The maximum atomic E-state index is 13.2. The molecule has 18 heavy (non-hydrogen) atoms. The molecular weight excluding hydrogens is 261 g/mol. The van der Waals surface area contributed by atoms with Gasteiger partial charge in [-0.05, 0) is 37.0 Å². The van der Waals surface area contributed by atoms with E-state index < -0.39 is 26.7 Å². The first-order valence-electron chi connectivity index (χ1n) is 5.37. The lowest BCUT2D eigenvalue weighted by Gasteiger charge is -2.05. The van der Waals surface area contributed by atoms with Crippen LogP contribution in [0.5, 0.6) is 0 Å². The predicted octanol–water partition coefficient (Wildman–Crippen LogP) is 1.04. The molecule has 0 amide bonds. The topological polar surface area (TPSA) is 86.5 Å². The first-order valence-corrected chi connectivity index (χ1v) is 6.91. The SMILES string of the molecule is NS(=O)(=O)c1cc(F)cc(C(=O)OCC2CC2)c1. The van der Waals surface area contributed by atoms with E-state index in [0.29, 0.717) is 5.92 Å². The van der Waals surface area contributed by atoms with E-state index in [-0.39, 0.29) is 12.2 Å². The van der Waals surface area contributed by atoms with Crippen molar-refractivity contribution in [2.45, 2.75) is 17.7 Å². The third-order valence-corrected chi connectivity index (χ3v) is 3.48. The lowest BCUT2D eigenvalue weighted by Crippen LogP contribution is -2.14. The summed E-state index contributed by atoms with van der Waals surface area (Å²) in [5.41, 5.74) is -0.153. The zero-order valence-corrected chi connectivity index (χ0v) is 10.2. The number of rotatable bonds is 4. The molecule has 1 aliphatic carbocycles. The van der Waals surface area contributed by atoms with Crippen LogP contribution >= 0.6 is 0 Å². The van der Waals surface area contributed by atoms with Gasteiger partial charge in [-0.25, -0.2) is 22.7 Å². The second-order valence-electron chi connectivity index (χ2n) is 4.26. The van der Waals surface area contributed by atoms with Crippen molar-refractivity contribution in [3.05, 3.63) is 29.6 Å². The summed E-state index contributed by atoms with van der Waals surface area (Å²) in [7, 11) is -4.05. The van der Waals surface area contributed by atoms with Crippen molar-refractivity contribution in [2.24, 2.45) is 11.1 Å². The minimum absolute atomic E-state index is 0.153. The fraction of sp³-hybridized carbons (Fsp3) is 0.364. The summed E-state index contributed by atoms with van der Waals surface area (Å²) in [6, 6.07) is 2.69. The number of carbonyl (C=O) groups excluding carboxylic acids is 1. The number of halogens is 1. The van der Waals surface area contributed by atoms with Gasteiger partial charge in [-0.1, -0.05) is 0 Å². The molecular formula is C11H12FNO4S. The predicted molar refractivity (Wildman–Crippen MR) is 60.8 cm³/mol. The van der Waals surface area contributed by atoms with Crippen LogP contribution in [-0.2, 0) is 14.8 Å². The Morgan fingerprint density at radius 1 is 1.39 bits per heavy atom. The van der Waals surface area contributed by atoms with E-state index in [1.165, 1.54) is 0 Å². The zero-order valence-electron chi connectivity index (χ0n) is 9.43. The number of primary sulfonamides is 1. The van der Waals surface area contributed by atoms with E-state index in [4.69, 9.17) is 9.88 Å². The molecule has 0 radical (unpaired) electrons. The van der Waals surface area contributed by atoms with Gasteiger partial charge in [0.2, 0.25) is 10.0 Å². The minimum atomic E-state index is -4.05. The van der Waals surface area contributed by atoms with E-state index in [9.17, 15) is 17.6 Å². The van der Waals surface area contributed by atoms with Crippen LogP contribution in [0.1, 0.15) is 23.2 Å². The number of esters is 1.